The van der Waals surface area contributed by atoms with Gasteiger partial charge in [-0.1, -0.05) is 37.3 Å². The number of hydrogen-bond acceptors (Lipinski definition) is 2. The lowest BCUT2D eigenvalue weighted by molar-refractivity contribution is -0.136. The molecule has 0 N–H and O–H groups in total. The lowest BCUT2D eigenvalue weighted by Gasteiger charge is -2.42. The lowest BCUT2D eigenvalue weighted by Crippen LogP contribution is -2.49. The van der Waals surface area contributed by atoms with E-state index in [1.165, 1.54) is 18.4 Å². The molecule has 4 rings (SSSR count). The minimum atomic E-state index is 0.0664. The molecule has 4 heteroatoms. The standard InChI is InChI=1S/C20H25N3O/c1-19(17-6-3-2-4-7-17)9-8-18(24)22(14-19)15-20(10-11-20)16-23-13-5-12-21-23/h2-7,12-13H,8-11,14-16H2,1H3. The summed E-state index contributed by atoms with van der Waals surface area (Å²) in [6.07, 6.45) is 7.83. The summed E-state index contributed by atoms with van der Waals surface area (Å²) in [5.74, 6) is 0.315. The van der Waals surface area contributed by atoms with E-state index in [9.17, 15) is 4.79 Å². The Morgan fingerprint density at radius 1 is 1.08 bits per heavy atom. The fourth-order valence-electron chi connectivity index (χ4n) is 4.04. The van der Waals surface area contributed by atoms with Crippen molar-refractivity contribution < 1.29 is 4.79 Å². The molecule has 0 bridgehead atoms. The number of carbonyl (C=O) groups is 1. The average Bonchev–Trinajstić information content (AvgIpc) is 3.14. The summed E-state index contributed by atoms with van der Waals surface area (Å²) in [6, 6.07) is 12.6. The Morgan fingerprint density at radius 2 is 1.88 bits per heavy atom. The lowest BCUT2D eigenvalue weighted by atomic mass is 9.75. The zero-order chi connectivity index (χ0) is 16.6. The number of rotatable bonds is 5. The zero-order valence-electron chi connectivity index (χ0n) is 14.3. The van der Waals surface area contributed by atoms with Gasteiger partial charge in [-0.15, -0.1) is 0 Å². The molecule has 24 heavy (non-hydrogen) atoms. The van der Waals surface area contributed by atoms with Gasteiger partial charge in [-0.2, -0.15) is 5.10 Å². The van der Waals surface area contributed by atoms with Crippen LogP contribution in [0, 0.1) is 5.41 Å². The predicted molar refractivity (Wildman–Crippen MR) is 93.5 cm³/mol. The topological polar surface area (TPSA) is 38.1 Å². The van der Waals surface area contributed by atoms with E-state index in [1.54, 1.807) is 0 Å². The van der Waals surface area contributed by atoms with E-state index in [-0.39, 0.29) is 10.8 Å². The Labute approximate surface area is 143 Å². The number of amides is 1. The van der Waals surface area contributed by atoms with Gasteiger partial charge in [0.05, 0.1) is 0 Å². The third kappa shape index (κ3) is 2.97. The van der Waals surface area contributed by atoms with Gasteiger partial charge in [-0.25, -0.2) is 0 Å². The molecular formula is C20H25N3O. The molecule has 2 heterocycles. The van der Waals surface area contributed by atoms with Crippen LogP contribution in [-0.2, 0) is 16.8 Å². The Kier molecular flexibility index (Phi) is 3.70. The van der Waals surface area contributed by atoms with Gasteiger partial charge in [-0.05, 0) is 30.9 Å². The van der Waals surface area contributed by atoms with Crippen molar-refractivity contribution in [3.05, 3.63) is 54.4 Å². The summed E-state index contributed by atoms with van der Waals surface area (Å²) in [7, 11) is 0. The molecule has 1 aliphatic heterocycles. The smallest absolute Gasteiger partial charge is 0.222 e. The Bertz CT molecular complexity index is 706. The number of benzene rings is 1. The van der Waals surface area contributed by atoms with Crippen LogP contribution in [0.4, 0.5) is 0 Å². The molecule has 2 aliphatic rings. The number of likely N-dealkylation sites (tertiary alicyclic amines) is 1. The molecule has 4 nitrogen and oxygen atoms in total. The van der Waals surface area contributed by atoms with Gasteiger partial charge >= 0.3 is 0 Å². The first-order chi connectivity index (χ1) is 11.6. The van der Waals surface area contributed by atoms with Crippen molar-refractivity contribution >= 4 is 5.91 Å². The zero-order valence-corrected chi connectivity index (χ0v) is 14.3. The first-order valence-electron chi connectivity index (χ1n) is 8.90. The summed E-state index contributed by atoms with van der Waals surface area (Å²) in [4.78, 5) is 14.6. The van der Waals surface area contributed by atoms with Crippen LogP contribution in [0.1, 0.15) is 38.2 Å². The minimum Gasteiger partial charge on any atom is -0.341 e. The molecule has 1 saturated heterocycles. The molecule has 1 aromatic carbocycles. The Balaban J connectivity index is 1.49. The normalized spacial score (nSPS) is 25.7. The Hall–Kier alpha value is -2.10. The second kappa shape index (κ2) is 5.76. The Morgan fingerprint density at radius 3 is 2.54 bits per heavy atom. The molecule has 1 amide bonds. The van der Waals surface area contributed by atoms with Gasteiger partial charge in [-0.3, -0.25) is 9.48 Å². The van der Waals surface area contributed by atoms with E-state index < -0.39 is 0 Å². The largest absolute Gasteiger partial charge is 0.341 e. The van der Waals surface area contributed by atoms with E-state index in [1.807, 2.05) is 23.1 Å². The van der Waals surface area contributed by atoms with Gasteiger partial charge in [0, 0.05) is 49.3 Å². The van der Waals surface area contributed by atoms with Crippen molar-refractivity contribution in [1.29, 1.82) is 0 Å². The van der Waals surface area contributed by atoms with Crippen molar-refractivity contribution in [3.8, 4) is 0 Å². The molecule has 1 aromatic heterocycles. The number of aromatic nitrogens is 2. The van der Waals surface area contributed by atoms with Crippen molar-refractivity contribution in [2.75, 3.05) is 13.1 Å². The number of hydrogen-bond donors (Lipinski definition) is 0. The van der Waals surface area contributed by atoms with Gasteiger partial charge in [0.15, 0.2) is 0 Å². The summed E-state index contributed by atoms with van der Waals surface area (Å²) in [5.41, 5.74) is 1.65. The monoisotopic (exact) mass is 323 g/mol. The van der Waals surface area contributed by atoms with Crippen LogP contribution in [-0.4, -0.2) is 33.7 Å². The maximum Gasteiger partial charge on any atom is 0.222 e. The maximum atomic E-state index is 12.5. The molecule has 2 fully saturated rings. The fourth-order valence-corrected chi connectivity index (χ4v) is 4.04. The van der Waals surface area contributed by atoms with E-state index >= 15 is 0 Å². The minimum absolute atomic E-state index is 0.0664. The summed E-state index contributed by atoms with van der Waals surface area (Å²) < 4.78 is 2.01. The summed E-state index contributed by atoms with van der Waals surface area (Å²) in [6.45, 7) is 4.92. The van der Waals surface area contributed by atoms with Crippen LogP contribution < -0.4 is 0 Å². The SMILES string of the molecule is CC1(c2ccccc2)CCC(=O)N(CC2(Cn3cccn3)CC2)C1. The third-order valence-corrected chi connectivity index (χ3v) is 5.79. The highest BCUT2D eigenvalue weighted by molar-refractivity contribution is 5.77. The first kappa shape index (κ1) is 15.4. The highest BCUT2D eigenvalue weighted by Gasteiger charge is 2.47. The maximum absolute atomic E-state index is 12.5. The average molecular weight is 323 g/mol. The van der Waals surface area contributed by atoms with Crippen LogP contribution in [0.2, 0.25) is 0 Å². The second-order valence-electron chi connectivity index (χ2n) is 7.88. The molecular weight excluding hydrogens is 298 g/mol. The van der Waals surface area contributed by atoms with Crippen LogP contribution in [0.25, 0.3) is 0 Å². The van der Waals surface area contributed by atoms with E-state index in [2.05, 4.69) is 47.3 Å². The van der Waals surface area contributed by atoms with Crippen LogP contribution >= 0.6 is 0 Å². The van der Waals surface area contributed by atoms with Crippen molar-refractivity contribution in [2.24, 2.45) is 5.41 Å². The second-order valence-corrected chi connectivity index (χ2v) is 7.88. The van der Waals surface area contributed by atoms with E-state index in [0.717, 1.165) is 26.1 Å². The van der Waals surface area contributed by atoms with Crippen LogP contribution in [0.3, 0.4) is 0 Å². The fraction of sp³-hybridized carbons (Fsp3) is 0.500. The van der Waals surface area contributed by atoms with Crippen molar-refractivity contribution in [2.45, 2.75) is 44.6 Å². The summed E-state index contributed by atoms with van der Waals surface area (Å²) in [5, 5.41) is 4.34. The van der Waals surface area contributed by atoms with Gasteiger partial charge in [0.1, 0.15) is 0 Å². The molecule has 0 spiro atoms. The van der Waals surface area contributed by atoms with Crippen LogP contribution in [0.15, 0.2) is 48.8 Å². The molecule has 0 radical (unpaired) electrons. The molecule has 2 aromatic rings. The van der Waals surface area contributed by atoms with Gasteiger partial charge in [0.25, 0.3) is 0 Å². The van der Waals surface area contributed by atoms with Crippen molar-refractivity contribution in [1.82, 2.24) is 14.7 Å². The molecule has 1 atom stereocenters. The molecule has 126 valence electrons. The van der Waals surface area contributed by atoms with E-state index in [0.29, 0.717) is 12.3 Å². The molecule has 1 unspecified atom stereocenters. The molecule has 1 saturated carbocycles. The summed E-state index contributed by atoms with van der Waals surface area (Å²) >= 11 is 0. The number of nitrogens with zero attached hydrogens (tertiary/aromatic N) is 3. The van der Waals surface area contributed by atoms with Gasteiger partial charge < -0.3 is 4.90 Å². The van der Waals surface area contributed by atoms with Gasteiger partial charge in [0.2, 0.25) is 5.91 Å². The van der Waals surface area contributed by atoms with Crippen molar-refractivity contribution in [3.63, 3.8) is 0 Å². The quantitative estimate of drug-likeness (QED) is 0.847. The van der Waals surface area contributed by atoms with E-state index in [4.69, 9.17) is 0 Å². The number of piperidine rings is 1. The highest BCUT2D eigenvalue weighted by atomic mass is 16.2. The molecule has 1 aliphatic carbocycles. The first-order valence-corrected chi connectivity index (χ1v) is 8.90. The number of carbonyl (C=O) groups excluding carboxylic acids is 1. The predicted octanol–water partition coefficient (Wildman–Crippen LogP) is 3.24. The third-order valence-electron chi connectivity index (χ3n) is 5.79. The van der Waals surface area contributed by atoms with Crippen LogP contribution in [0.5, 0.6) is 0 Å². The highest BCUT2D eigenvalue weighted by Crippen LogP contribution is 2.48.